The van der Waals surface area contributed by atoms with E-state index in [1.165, 1.54) is 0 Å². The first kappa shape index (κ1) is 18.2. The van der Waals surface area contributed by atoms with Crippen molar-refractivity contribution in [2.75, 3.05) is 39.3 Å². The van der Waals surface area contributed by atoms with E-state index < -0.39 is 0 Å². The van der Waals surface area contributed by atoms with Gasteiger partial charge in [0.25, 0.3) is 0 Å². The van der Waals surface area contributed by atoms with E-state index in [-0.39, 0.29) is 24.0 Å². The Labute approximate surface area is 138 Å². The van der Waals surface area contributed by atoms with Gasteiger partial charge in [0.15, 0.2) is 0 Å². The first-order chi connectivity index (χ1) is 11.0. The van der Waals surface area contributed by atoms with Gasteiger partial charge in [0.2, 0.25) is 11.8 Å². The first-order valence-corrected chi connectivity index (χ1v) is 8.67. The summed E-state index contributed by atoms with van der Waals surface area (Å²) >= 11 is 0. The van der Waals surface area contributed by atoms with Crippen LogP contribution in [-0.4, -0.2) is 84.2 Å². The second kappa shape index (κ2) is 8.61. The number of β-amino-alcohol motifs (C(OH)–C–C–N with tert-alkyl or cyclic N) is 1. The number of nitrogens with zero attached hydrogens (tertiary/aromatic N) is 2. The molecule has 2 saturated heterocycles. The van der Waals surface area contributed by atoms with Crippen LogP contribution >= 0.6 is 0 Å². The molecule has 3 unspecified atom stereocenters. The van der Waals surface area contributed by atoms with Gasteiger partial charge in [-0.2, -0.15) is 0 Å². The largest absolute Gasteiger partial charge is 0.392 e. The molecule has 7 heteroatoms. The molecule has 2 heterocycles. The minimum absolute atomic E-state index is 0.0639. The third-order valence-corrected chi connectivity index (χ3v) is 4.59. The van der Waals surface area contributed by atoms with E-state index in [0.29, 0.717) is 25.7 Å². The monoisotopic (exact) mass is 326 g/mol. The van der Waals surface area contributed by atoms with Gasteiger partial charge in [-0.05, 0) is 33.1 Å². The van der Waals surface area contributed by atoms with Crippen molar-refractivity contribution in [3.63, 3.8) is 0 Å². The van der Waals surface area contributed by atoms with E-state index in [9.17, 15) is 14.7 Å². The number of piperazine rings is 1. The number of carbonyl (C=O) groups excluding carboxylic acids is 2. The minimum Gasteiger partial charge on any atom is -0.392 e. The molecule has 2 aliphatic rings. The predicted molar refractivity (Wildman–Crippen MR) is 87.9 cm³/mol. The Bertz CT molecular complexity index is 416. The predicted octanol–water partition coefficient (Wildman–Crippen LogP) is -0.842. The zero-order valence-electron chi connectivity index (χ0n) is 14.3. The molecule has 0 bridgehead atoms. The summed E-state index contributed by atoms with van der Waals surface area (Å²) < 4.78 is 0. The van der Waals surface area contributed by atoms with Crippen LogP contribution < -0.4 is 10.6 Å². The molecule has 3 N–H and O–H groups in total. The van der Waals surface area contributed by atoms with E-state index in [1.54, 1.807) is 6.92 Å². The van der Waals surface area contributed by atoms with Gasteiger partial charge in [-0.3, -0.25) is 19.4 Å². The number of nitrogens with one attached hydrogen (secondary N) is 2. The van der Waals surface area contributed by atoms with Crippen molar-refractivity contribution < 1.29 is 14.7 Å². The smallest absolute Gasteiger partial charge is 0.242 e. The summed E-state index contributed by atoms with van der Waals surface area (Å²) in [4.78, 5) is 28.5. The Hall–Kier alpha value is -1.18. The molecular formula is C16H30N4O3. The molecule has 0 aliphatic carbocycles. The number of carbonyl (C=O) groups is 2. The van der Waals surface area contributed by atoms with Crippen molar-refractivity contribution in [3.8, 4) is 0 Å². The van der Waals surface area contributed by atoms with Crippen LogP contribution in [0.2, 0.25) is 0 Å². The molecule has 2 fully saturated rings. The summed E-state index contributed by atoms with van der Waals surface area (Å²) in [5.74, 6) is -0.144. The summed E-state index contributed by atoms with van der Waals surface area (Å²) in [6, 6.07) is -0.0775. The zero-order chi connectivity index (χ0) is 16.8. The number of rotatable bonds is 5. The van der Waals surface area contributed by atoms with Crippen molar-refractivity contribution in [3.05, 3.63) is 0 Å². The molecule has 0 aromatic rings. The van der Waals surface area contributed by atoms with Crippen molar-refractivity contribution >= 4 is 11.8 Å². The van der Waals surface area contributed by atoms with Gasteiger partial charge >= 0.3 is 0 Å². The number of amides is 2. The highest BCUT2D eigenvalue weighted by atomic mass is 16.3. The molecule has 23 heavy (non-hydrogen) atoms. The van der Waals surface area contributed by atoms with E-state index in [0.717, 1.165) is 38.9 Å². The molecule has 0 radical (unpaired) electrons. The molecule has 0 aromatic heterocycles. The topological polar surface area (TPSA) is 84.9 Å². The summed E-state index contributed by atoms with van der Waals surface area (Å²) in [6.07, 6.45) is 2.32. The van der Waals surface area contributed by atoms with Crippen LogP contribution in [0.4, 0.5) is 0 Å². The quantitative estimate of drug-likeness (QED) is 0.613. The first-order valence-electron chi connectivity index (χ1n) is 8.67. The van der Waals surface area contributed by atoms with Crippen molar-refractivity contribution in [1.29, 1.82) is 0 Å². The van der Waals surface area contributed by atoms with Crippen LogP contribution in [-0.2, 0) is 9.59 Å². The molecular weight excluding hydrogens is 296 g/mol. The van der Waals surface area contributed by atoms with Crippen LogP contribution in [0.3, 0.4) is 0 Å². The van der Waals surface area contributed by atoms with Crippen molar-refractivity contribution in [1.82, 2.24) is 20.4 Å². The van der Waals surface area contributed by atoms with E-state index >= 15 is 0 Å². The molecule has 2 amide bonds. The fourth-order valence-corrected chi connectivity index (χ4v) is 3.35. The number of hydrogen-bond acceptors (Lipinski definition) is 5. The molecule has 132 valence electrons. The van der Waals surface area contributed by atoms with Crippen LogP contribution in [0.15, 0.2) is 0 Å². The maximum atomic E-state index is 12.2. The van der Waals surface area contributed by atoms with E-state index in [2.05, 4.69) is 27.4 Å². The Kier molecular flexibility index (Phi) is 6.80. The lowest BCUT2D eigenvalue weighted by atomic mass is 10.1. The SMILES string of the molecule is CC(O)CN1CCN(CC(=O)NC2CCCCNC2=O)CC1C. The molecule has 7 nitrogen and oxygen atoms in total. The number of aliphatic hydroxyl groups excluding tert-OH is 1. The van der Waals surface area contributed by atoms with Crippen LogP contribution in [0.5, 0.6) is 0 Å². The third-order valence-electron chi connectivity index (χ3n) is 4.59. The summed E-state index contributed by atoms with van der Waals surface area (Å²) in [5.41, 5.74) is 0. The fraction of sp³-hybridized carbons (Fsp3) is 0.875. The van der Waals surface area contributed by atoms with Crippen LogP contribution in [0.1, 0.15) is 33.1 Å². The highest BCUT2D eigenvalue weighted by molar-refractivity contribution is 5.88. The zero-order valence-corrected chi connectivity index (χ0v) is 14.3. The molecule has 3 atom stereocenters. The molecule has 0 aromatic carbocycles. The summed E-state index contributed by atoms with van der Waals surface area (Å²) in [5, 5.41) is 15.2. The fourth-order valence-electron chi connectivity index (χ4n) is 3.35. The second-order valence-corrected chi connectivity index (χ2v) is 6.84. The molecule has 0 spiro atoms. The number of hydrogen-bond donors (Lipinski definition) is 3. The van der Waals surface area contributed by atoms with Gasteiger partial charge in [-0.15, -0.1) is 0 Å². The molecule has 0 saturated carbocycles. The molecule has 2 aliphatic heterocycles. The normalized spacial score (nSPS) is 28.7. The van der Waals surface area contributed by atoms with Gasteiger partial charge in [-0.1, -0.05) is 0 Å². The van der Waals surface area contributed by atoms with Crippen LogP contribution in [0, 0.1) is 0 Å². The average Bonchev–Trinajstić information content (AvgIpc) is 2.67. The second-order valence-electron chi connectivity index (χ2n) is 6.84. The van der Waals surface area contributed by atoms with Crippen LogP contribution in [0.25, 0.3) is 0 Å². The Morgan fingerprint density at radius 3 is 2.91 bits per heavy atom. The Morgan fingerprint density at radius 2 is 2.22 bits per heavy atom. The summed E-state index contributed by atoms with van der Waals surface area (Å²) in [7, 11) is 0. The van der Waals surface area contributed by atoms with Gasteiger partial charge in [0, 0.05) is 38.8 Å². The van der Waals surface area contributed by atoms with Crippen molar-refractivity contribution in [2.24, 2.45) is 0 Å². The van der Waals surface area contributed by atoms with Gasteiger partial charge in [0.1, 0.15) is 6.04 Å². The molecule has 2 rings (SSSR count). The lowest BCUT2D eigenvalue weighted by molar-refractivity contribution is -0.129. The van der Waals surface area contributed by atoms with E-state index in [4.69, 9.17) is 0 Å². The lowest BCUT2D eigenvalue weighted by Crippen LogP contribution is -2.56. The Morgan fingerprint density at radius 1 is 1.43 bits per heavy atom. The van der Waals surface area contributed by atoms with Gasteiger partial charge < -0.3 is 15.7 Å². The van der Waals surface area contributed by atoms with E-state index in [1.807, 2.05) is 0 Å². The maximum absolute atomic E-state index is 12.2. The highest BCUT2D eigenvalue weighted by Gasteiger charge is 2.27. The van der Waals surface area contributed by atoms with Crippen molar-refractivity contribution in [2.45, 2.75) is 51.3 Å². The standard InChI is InChI=1S/C16H30N4O3/c1-12-9-19(7-8-20(12)10-13(2)21)11-15(22)18-14-5-3-4-6-17-16(14)23/h12-14,21H,3-11H2,1-2H3,(H,17,23)(H,18,22). The Balaban J connectivity index is 1.76. The summed E-state index contributed by atoms with van der Waals surface area (Å²) in [6.45, 7) is 8.07. The third kappa shape index (κ3) is 5.75. The van der Waals surface area contributed by atoms with Gasteiger partial charge in [0.05, 0.1) is 12.6 Å². The van der Waals surface area contributed by atoms with Gasteiger partial charge in [-0.25, -0.2) is 0 Å². The minimum atomic E-state index is -0.390. The number of aliphatic hydroxyl groups is 1. The average molecular weight is 326 g/mol. The maximum Gasteiger partial charge on any atom is 0.242 e. The highest BCUT2D eigenvalue weighted by Crippen LogP contribution is 2.10. The lowest BCUT2D eigenvalue weighted by Gasteiger charge is -2.40.